The highest BCUT2D eigenvalue weighted by Gasteiger charge is 2.32. The Morgan fingerprint density at radius 3 is 2.71 bits per heavy atom. The lowest BCUT2D eigenvalue weighted by Crippen LogP contribution is -2.48. The van der Waals surface area contributed by atoms with Gasteiger partial charge in [-0.05, 0) is 49.4 Å². The Balaban J connectivity index is 2.19. The molecule has 1 nitrogen and oxygen atoms in total. The number of benzene rings is 1. The number of rotatable bonds is 2. The zero-order valence-corrected chi connectivity index (χ0v) is 9.48. The molecule has 0 aliphatic heterocycles. The average Bonchev–Trinajstić information content (AvgIpc) is 2.09. The second-order valence-corrected chi connectivity index (χ2v) is 4.98. The van der Waals surface area contributed by atoms with Crippen LogP contribution in [0.15, 0.2) is 22.7 Å². The maximum Gasteiger partial charge on any atom is 0.123 e. The van der Waals surface area contributed by atoms with E-state index in [9.17, 15) is 4.39 Å². The topological polar surface area (TPSA) is 26.0 Å². The van der Waals surface area contributed by atoms with E-state index >= 15 is 0 Å². The molecule has 1 fully saturated rings. The molecule has 0 unspecified atom stereocenters. The van der Waals surface area contributed by atoms with Crippen LogP contribution in [0.4, 0.5) is 4.39 Å². The molecule has 0 saturated heterocycles. The van der Waals surface area contributed by atoms with E-state index in [0.29, 0.717) is 0 Å². The molecule has 0 bridgehead atoms. The van der Waals surface area contributed by atoms with Gasteiger partial charge in [-0.15, -0.1) is 0 Å². The Bertz CT molecular complexity index is 347. The van der Waals surface area contributed by atoms with E-state index in [1.807, 2.05) is 0 Å². The Morgan fingerprint density at radius 2 is 2.14 bits per heavy atom. The third-order valence-electron chi connectivity index (χ3n) is 2.90. The lowest BCUT2D eigenvalue weighted by atomic mass is 9.74. The fourth-order valence-electron chi connectivity index (χ4n) is 1.87. The second-order valence-electron chi connectivity index (χ2n) is 4.13. The van der Waals surface area contributed by atoms with Gasteiger partial charge < -0.3 is 5.73 Å². The predicted molar refractivity (Wildman–Crippen MR) is 58.6 cm³/mol. The molecule has 0 heterocycles. The number of hydrogen-bond donors (Lipinski definition) is 1. The molecular formula is C11H13BrFN. The van der Waals surface area contributed by atoms with Crippen LogP contribution in [0.2, 0.25) is 0 Å². The van der Waals surface area contributed by atoms with Gasteiger partial charge in [-0.1, -0.05) is 15.9 Å². The van der Waals surface area contributed by atoms with Crippen molar-refractivity contribution in [1.29, 1.82) is 0 Å². The zero-order valence-electron chi connectivity index (χ0n) is 7.89. The van der Waals surface area contributed by atoms with E-state index in [0.717, 1.165) is 29.3 Å². The maximum absolute atomic E-state index is 13.0. The molecule has 0 aromatic heterocycles. The first-order chi connectivity index (χ1) is 6.59. The standard InChI is InChI=1S/C11H13BrFN/c12-10-3-2-9(13)6-8(10)7-11(14)4-1-5-11/h2-3,6H,1,4-5,7,14H2. The number of hydrogen-bond acceptors (Lipinski definition) is 1. The normalized spacial score (nSPS) is 19.1. The van der Waals surface area contributed by atoms with Crippen molar-refractivity contribution in [3.63, 3.8) is 0 Å². The average molecular weight is 258 g/mol. The van der Waals surface area contributed by atoms with E-state index in [1.54, 1.807) is 12.1 Å². The van der Waals surface area contributed by atoms with Crippen LogP contribution in [0.3, 0.4) is 0 Å². The van der Waals surface area contributed by atoms with Crippen molar-refractivity contribution in [1.82, 2.24) is 0 Å². The van der Waals surface area contributed by atoms with E-state index in [2.05, 4.69) is 15.9 Å². The van der Waals surface area contributed by atoms with E-state index < -0.39 is 0 Å². The summed E-state index contributed by atoms with van der Waals surface area (Å²) in [6, 6.07) is 4.77. The summed E-state index contributed by atoms with van der Waals surface area (Å²) in [5.74, 6) is -0.189. The molecule has 1 aromatic rings. The third kappa shape index (κ3) is 1.98. The first-order valence-electron chi connectivity index (χ1n) is 4.82. The molecule has 1 aliphatic rings. The number of nitrogens with two attached hydrogens (primary N) is 1. The smallest absolute Gasteiger partial charge is 0.123 e. The Labute approximate surface area is 91.6 Å². The summed E-state index contributed by atoms with van der Waals surface area (Å²) in [6.07, 6.45) is 4.07. The zero-order chi connectivity index (χ0) is 10.2. The summed E-state index contributed by atoms with van der Waals surface area (Å²) < 4.78 is 13.9. The van der Waals surface area contributed by atoms with E-state index in [1.165, 1.54) is 12.5 Å². The fraction of sp³-hybridized carbons (Fsp3) is 0.455. The van der Waals surface area contributed by atoms with Crippen molar-refractivity contribution in [2.75, 3.05) is 0 Å². The monoisotopic (exact) mass is 257 g/mol. The first kappa shape index (κ1) is 10.1. The van der Waals surface area contributed by atoms with Gasteiger partial charge in [0, 0.05) is 10.0 Å². The van der Waals surface area contributed by atoms with Gasteiger partial charge in [0.05, 0.1) is 0 Å². The van der Waals surface area contributed by atoms with Gasteiger partial charge >= 0.3 is 0 Å². The maximum atomic E-state index is 13.0. The van der Waals surface area contributed by atoms with Gasteiger partial charge in [0.15, 0.2) is 0 Å². The highest BCUT2D eigenvalue weighted by Crippen LogP contribution is 2.34. The molecule has 0 radical (unpaired) electrons. The molecule has 0 amide bonds. The van der Waals surface area contributed by atoms with Crippen molar-refractivity contribution in [2.24, 2.45) is 5.73 Å². The van der Waals surface area contributed by atoms with Crippen molar-refractivity contribution >= 4 is 15.9 Å². The quantitative estimate of drug-likeness (QED) is 0.866. The Kier molecular flexibility index (Phi) is 2.62. The summed E-state index contributed by atoms with van der Waals surface area (Å²) in [7, 11) is 0. The van der Waals surface area contributed by atoms with Crippen molar-refractivity contribution in [2.45, 2.75) is 31.2 Å². The molecule has 0 spiro atoms. The molecule has 14 heavy (non-hydrogen) atoms. The largest absolute Gasteiger partial charge is 0.325 e. The van der Waals surface area contributed by atoms with Crippen LogP contribution in [-0.2, 0) is 6.42 Å². The van der Waals surface area contributed by atoms with Crippen molar-refractivity contribution < 1.29 is 4.39 Å². The molecule has 1 saturated carbocycles. The number of halogens is 2. The lowest BCUT2D eigenvalue weighted by Gasteiger charge is -2.38. The van der Waals surface area contributed by atoms with Gasteiger partial charge in [0.2, 0.25) is 0 Å². The van der Waals surface area contributed by atoms with Crippen molar-refractivity contribution in [3.8, 4) is 0 Å². The van der Waals surface area contributed by atoms with Crippen LogP contribution in [0, 0.1) is 5.82 Å². The van der Waals surface area contributed by atoms with Gasteiger partial charge in [-0.2, -0.15) is 0 Å². The third-order valence-corrected chi connectivity index (χ3v) is 3.67. The van der Waals surface area contributed by atoms with Gasteiger partial charge in [-0.3, -0.25) is 0 Å². The van der Waals surface area contributed by atoms with Crippen LogP contribution in [0.1, 0.15) is 24.8 Å². The van der Waals surface area contributed by atoms with Crippen LogP contribution >= 0.6 is 15.9 Å². The van der Waals surface area contributed by atoms with Crippen molar-refractivity contribution in [3.05, 3.63) is 34.1 Å². The molecule has 1 aromatic carbocycles. The summed E-state index contributed by atoms with van der Waals surface area (Å²) in [4.78, 5) is 0. The highest BCUT2D eigenvalue weighted by molar-refractivity contribution is 9.10. The second kappa shape index (κ2) is 3.63. The van der Waals surface area contributed by atoms with Crippen LogP contribution in [0.25, 0.3) is 0 Å². The Morgan fingerprint density at radius 1 is 1.43 bits per heavy atom. The molecule has 2 N–H and O–H groups in total. The molecule has 0 atom stereocenters. The summed E-state index contributed by atoms with van der Waals surface area (Å²) in [5, 5.41) is 0. The molecule has 1 aliphatic carbocycles. The summed E-state index contributed by atoms with van der Waals surface area (Å²) >= 11 is 3.41. The minimum absolute atomic E-state index is 0.0870. The van der Waals surface area contributed by atoms with Crippen LogP contribution < -0.4 is 5.73 Å². The van der Waals surface area contributed by atoms with Gasteiger partial charge in [-0.25, -0.2) is 4.39 Å². The van der Waals surface area contributed by atoms with Gasteiger partial charge in [0.25, 0.3) is 0 Å². The highest BCUT2D eigenvalue weighted by atomic mass is 79.9. The SMILES string of the molecule is NC1(Cc2cc(F)ccc2Br)CCC1. The van der Waals surface area contributed by atoms with Crippen LogP contribution in [0.5, 0.6) is 0 Å². The van der Waals surface area contributed by atoms with E-state index in [4.69, 9.17) is 5.73 Å². The molecule has 76 valence electrons. The molecular weight excluding hydrogens is 245 g/mol. The van der Waals surface area contributed by atoms with Gasteiger partial charge in [0.1, 0.15) is 5.82 Å². The minimum Gasteiger partial charge on any atom is -0.325 e. The van der Waals surface area contributed by atoms with E-state index in [-0.39, 0.29) is 11.4 Å². The fourth-order valence-corrected chi connectivity index (χ4v) is 2.25. The predicted octanol–water partition coefficient (Wildman–Crippen LogP) is 3.01. The minimum atomic E-state index is -0.189. The van der Waals surface area contributed by atoms with Crippen LogP contribution in [-0.4, -0.2) is 5.54 Å². The Hall–Kier alpha value is -0.410. The first-order valence-corrected chi connectivity index (χ1v) is 5.61. The molecule has 3 heteroatoms. The summed E-state index contributed by atoms with van der Waals surface area (Å²) in [5.41, 5.74) is 7.00. The lowest BCUT2D eigenvalue weighted by molar-refractivity contribution is 0.247. The molecule has 2 rings (SSSR count). The summed E-state index contributed by atoms with van der Waals surface area (Å²) in [6.45, 7) is 0.